The highest BCUT2D eigenvalue weighted by atomic mass is 79.9. The molecule has 134 valence electrons. The minimum absolute atomic E-state index is 0.00254. The molecule has 3 rings (SSSR count). The van der Waals surface area contributed by atoms with E-state index in [2.05, 4.69) is 26.2 Å². The van der Waals surface area contributed by atoms with E-state index >= 15 is 0 Å². The summed E-state index contributed by atoms with van der Waals surface area (Å²) in [5, 5.41) is 3.15. The van der Waals surface area contributed by atoms with Gasteiger partial charge < -0.3 is 10.3 Å². The molecule has 0 aliphatic carbocycles. The van der Waals surface area contributed by atoms with Crippen molar-refractivity contribution in [3.05, 3.63) is 74.5 Å². The molecule has 0 fully saturated rings. The molecule has 8 heteroatoms. The number of halogens is 4. The van der Waals surface area contributed by atoms with Crippen LogP contribution in [0, 0.1) is 0 Å². The van der Waals surface area contributed by atoms with Crippen molar-refractivity contribution in [1.82, 2.24) is 4.98 Å². The SMILES string of the molecule is O=C(Cc1cc2ccccc2[nH]c1=O)Nc1ccc(Br)c(C(F)(F)F)c1. The Morgan fingerprint density at radius 2 is 1.85 bits per heavy atom. The average molecular weight is 425 g/mol. The maximum Gasteiger partial charge on any atom is 0.417 e. The van der Waals surface area contributed by atoms with Crippen molar-refractivity contribution in [3.63, 3.8) is 0 Å². The van der Waals surface area contributed by atoms with Gasteiger partial charge in [-0.3, -0.25) is 9.59 Å². The van der Waals surface area contributed by atoms with Crippen molar-refractivity contribution >= 4 is 38.4 Å². The van der Waals surface area contributed by atoms with E-state index in [9.17, 15) is 22.8 Å². The van der Waals surface area contributed by atoms with Crippen LogP contribution in [-0.2, 0) is 17.4 Å². The molecule has 0 saturated heterocycles. The zero-order valence-corrected chi connectivity index (χ0v) is 14.7. The Hall–Kier alpha value is -2.61. The maximum atomic E-state index is 12.9. The molecular formula is C18H12BrF3N2O2. The fourth-order valence-electron chi connectivity index (χ4n) is 2.52. The number of pyridine rings is 1. The second kappa shape index (κ2) is 6.95. The summed E-state index contributed by atoms with van der Waals surface area (Å²) in [5.74, 6) is -0.582. The molecule has 26 heavy (non-hydrogen) atoms. The first kappa shape index (κ1) is 18.2. The van der Waals surface area contributed by atoms with Gasteiger partial charge in [-0.15, -0.1) is 0 Å². The molecule has 2 aromatic carbocycles. The van der Waals surface area contributed by atoms with E-state index in [0.717, 1.165) is 11.5 Å². The number of alkyl halides is 3. The molecule has 0 unspecified atom stereocenters. The number of amides is 1. The van der Waals surface area contributed by atoms with Crippen LogP contribution in [0.25, 0.3) is 10.9 Å². The van der Waals surface area contributed by atoms with Gasteiger partial charge in [0, 0.05) is 21.2 Å². The van der Waals surface area contributed by atoms with Gasteiger partial charge in [0.2, 0.25) is 5.91 Å². The second-order valence-electron chi connectivity index (χ2n) is 5.63. The van der Waals surface area contributed by atoms with Gasteiger partial charge in [-0.25, -0.2) is 0 Å². The minimum Gasteiger partial charge on any atom is -0.326 e. The monoisotopic (exact) mass is 424 g/mol. The lowest BCUT2D eigenvalue weighted by Crippen LogP contribution is -2.21. The highest BCUT2D eigenvalue weighted by Crippen LogP contribution is 2.36. The van der Waals surface area contributed by atoms with Gasteiger partial charge in [-0.2, -0.15) is 13.2 Å². The van der Waals surface area contributed by atoms with Crippen LogP contribution in [0.4, 0.5) is 18.9 Å². The van der Waals surface area contributed by atoms with Gasteiger partial charge in [0.05, 0.1) is 12.0 Å². The Balaban J connectivity index is 1.82. The zero-order valence-electron chi connectivity index (χ0n) is 13.2. The molecular weight excluding hydrogens is 413 g/mol. The quantitative estimate of drug-likeness (QED) is 0.650. The largest absolute Gasteiger partial charge is 0.417 e. The zero-order chi connectivity index (χ0) is 18.9. The van der Waals surface area contributed by atoms with E-state index in [1.54, 1.807) is 30.3 Å². The van der Waals surface area contributed by atoms with Crippen LogP contribution in [0.5, 0.6) is 0 Å². The van der Waals surface area contributed by atoms with E-state index in [4.69, 9.17) is 0 Å². The summed E-state index contributed by atoms with van der Waals surface area (Å²) >= 11 is 2.84. The standard InChI is InChI=1S/C18H12BrF3N2O2/c19-14-6-5-12(9-13(14)18(20,21)22)23-16(25)8-11-7-10-3-1-2-4-15(10)24-17(11)26/h1-7,9H,8H2,(H,23,25)(H,24,26). The Labute approximate surface area is 154 Å². The minimum atomic E-state index is -4.55. The summed E-state index contributed by atoms with van der Waals surface area (Å²) < 4.78 is 38.7. The van der Waals surface area contributed by atoms with Crippen molar-refractivity contribution in [2.45, 2.75) is 12.6 Å². The van der Waals surface area contributed by atoms with E-state index in [1.807, 2.05) is 0 Å². The van der Waals surface area contributed by atoms with Crippen molar-refractivity contribution in [2.24, 2.45) is 0 Å². The van der Waals surface area contributed by atoms with Crippen molar-refractivity contribution in [3.8, 4) is 0 Å². The fraction of sp³-hybridized carbons (Fsp3) is 0.111. The second-order valence-corrected chi connectivity index (χ2v) is 6.48. The van der Waals surface area contributed by atoms with Crippen LogP contribution >= 0.6 is 15.9 Å². The van der Waals surface area contributed by atoms with Crippen LogP contribution in [0.1, 0.15) is 11.1 Å². The Bertz CT molecular complexity index is 1040. The predicted octanol–water partition coefficient (Wildman–Crippen LogP) is 4.49. The van der Waals surface area contributed by atoms with Gasteiger partial charge in [0.1, 0.15) is 0 Å². The van der Waals surface area contributed by atoms with Gasteiger partial charge in [0.15, 0.2) is 0 Å². The topological polar surface area (TPSA) is 62.0 Å². The number of anilines is 1. The number of rotatable bonds is 3. The first-order valence-electron chi connectivity index (χ1n) is 7.51. The third-order valence-corrected chi connectivity index (χ3v) is 4.43. The predicted molar refractivity (Wildman–Crippen MR) is 96.0 cm³/mol. The molecule has 0 aliphatic rings. The number of aromatic amines is 1. The number of H-pyrrole nitrogens is 1. The fourth-order valence-corrected chi connectivity index (χ4v) is 2.99. The summed E-state index contributed by atoms with van der Waals surface area (Å²) in [6.07, 6.45) is -4.80. The molecule has 1 amide bonds. The van der Waals surface area contributed by atoms with Gasteiger partial charge >= 0.3 is 6.18 Å². The van der Waals surface area contributed by atoms with Crippen molar-refractivity contribution in [1.29, 1.82) is 0 Å². The number of fused-ring (bicyclic) bond motifs is 1. The highest BCUT2D eigenvalue weighted by molar-refractivity contribution is 9.10. The number of carbonyl (C=O) groups is 1. The van der Waals surface area contributed by atoms with Crippen LogP contribution in [-0.4, -0.2) is 10.9 Å². The molecule has 0 atom stereocenters. The molecule has 0 radical (unpaired) electrons. The summed E-state index contributed by atoms with van der Waals surface area (Å²) in [5.41, 5.74) is -0.425. The number of hydrogen-bond donors (Lipinski definition) is 2. The molecule has 0 bridgehead atoms. The first-order chi connectivity index (χ1) is 12.2. The van der Waals surface area contributed by atoms with E-state index in [0.29, 0.717) is 5.52 Å². The number of aromatic nitrogens is 1. The lowest BCUT2D eigenvalue weighted by Gasteiger charge is -2.12. The van der Waals surface area contributed by atoms with Gasteiger partial charge in [-0.1, -0.05) is 34.1 Å². The third-order valence-electron chi connectivity index (χ3n) is 3.74. The van der Waals surface area contributed by atoms with Gasteiger partial charge in [0.25, 0.3) is 5.56 Å². The number of para-hydroxylation sites is 1. The number of hydrogen-bond acceptors (Lipinski definition) is 2. The molecule has 0 spiro atoms. The van der Waals surface area contributed by atoms with Crippen molar-refractivity contribution in [2.75, 3.05) is 5.32 Å². The molecule has 3 aromatic rings. The summed E-state index contributed by atoms with van der Waals surface area (Å²) in [7, 11) is 0. The van der Waals surface area contributed by atoms with E-state index in [-0.39, 0.29) is 22.1 Å². The molecule has 0 aliphatic heterocycles. The molecule has 1 aromatic heterocycles. The lowest BCUT2D eigenvalue weighted by molar-refractivity contribution is -0.138. The Kier molecular flexibility index (Phi) is 4.86. The Morgan fingerprint density at radius 1 is 1.12 bits per heavy atom. The molecule has 1 heterocycles. The average Bonchev–Trinajstić information content (AvgIpc) is 2.56. The summed E-state index contributed by atoms with van der Waals surface area (Å²) in [6.45, 7) is 0. The molecule has 0 saturated carbocycles. The normalized spacial score (nSPS) is 11.5. The van der Waals surface area contributed by atoms with E-state index in [1.165, 1.54) is 12.1 Å². The summed E-state index contributed by atoms with van der Waals surface area (Å²) in [4.78, 5) is 26.9. The molecule has 4 nitrogen and oxygen atoms in total. The Morgan fingerprint density at radius 3 is 2.58 bits per heavy atom. The summed E-state index contributed by atoms with van der Waals surface area (Å²) in [6, 6.07) is 12.1. The van der Waals surface area contributed by atoms with E-state index < -0.39 is 23.2 Å². The molecule has 2 N–H and O–H groups in total. The third kappa shape index (κ3) is 3.96. The van der Waals surface area contributed by atoms with Gasteiger partial charge in [-0.05, 0) is 35.7 Å². The van der Waals surface area contributed by atoms with Crippen LogP contribution < -0.4 is 10.9 Å². The number of benzene rings is 2. The van der Waals surface area contributed by atoms with Crippen LogP contribution in [0.3, 0.4) is 0 Å². The maximum absolute atomic E-state index is 12.9. The number of carbonyl (C=O) groups excluding carboxylic acids is 1. The lowest BCUT2D eigenvalue weighted by atomic mass is 10.1. The van der Waals surface area contributed by atoms with Crippen molar-refractivity contribution < 1.29 is 18.0 Å². The number of nitrogens with one attached hydrogen (secondary N) is 2. The smallest absolute Gasteiger partial charge is 0.326 e. The van der Waals surface area contributed by atoms with Crippen LogP contribution in [0.15, 0.2) is 57.8 Å². The highest BCUT2D eigenvalue weighted by Gasteiger charge is 2.33. The van der Waals surface area contributed by atoms with Crippen LogP contribution in [0.2, 0.25) is 0 Å². The first-order valence-corrected chi connectivity index (χ1v) is 8.31.